The Morgan fingerprint density at radius 2 is 1.71 bits per heavy atom. The van der Waals surface area contributed by atoms with Crippen LogP contribution in [0, 0.1) is 20.8 Å². The number of halogens is 1. The van der Waals surface area contributed by atoms with Crippen molar-refractivity contribution in [1.82, 2.24) is 9.55 Å². The van der Waals surface area contributed by atoms with Crippen LogP contribution in [0.1, 0.15) is 16.7 Å². The fraction of sp³-hybridized carbons (Fsp3) is 0.167. The SMILES string of the molecule is Cc1cc(C)c(-n2ccnc2-c2cccc(Br)c2)c(C)c1. The normalized spacial score (nSPS) is 10.9. The molecular formula is C18H17BrN2. The van der Waals surface area contributed by atoms with Gasteiger partial charge in [-0.25, -0.2) is 4.98 Å². The molecule has 3 rings (SSSR count). The van der Waals surface area contributed by atoms with Gasteiger partial charge < -0.3 is 0 Å². The first-order chi connectivity index (χ1) is 10.1. The summed E-state index contributed by atoms with van der Waals surface area (Å²) in [4.78, 5) is 4.55. The van der Waals surface area contributed by atoms with Crippen LogP contribution in [0.2, 0.25) is 0 Å². The van der Waals surface area contributed by atoms with Gasteiger partial charge in [0.05, 0.1) is 5.69 Å². The van der Waals surface area contributed by atoms with Crippen molar-refractivity contribution < 1.29 is 0 Å². The van der Waals surface area contributed by atoms with Gasteiger partial charge in [-0.2, -0.15) is 0 Å². The van der Waals surface area contributed by atoms with Gasteiger partial charge in [-0.15, -0.1) is 0 Å². The van der Waals surface area contributed by atoms with Crippen LogP contribution in [-0.4, -0.2) is 9.55 Å². The molecule has 0 amide bonds. The number of hydrogen-bond donors (Lipinski definition) is 0. The van der Waals surface area contributed by atoms with Crippen LogP contribution in [0.3, 0.4) is 0 Å². The van der Waals surface area contributed by atoms with Crippen LogP contribution < -0.4 is 0 Å². The molecule has 0 aliphatic rings. The highest BCUT2D eigenvalue weighted by Crippen LogP contribution is 2.28. The van der Waals surface area contributed by atoms with E-state index in [1.165, 1.54) is 22.4 Å². The fourth-order valence-electron chi connectivity index (χ4n) is 2.88. The van der Waals surface area contributed by atoms with E-state index in [-0.39, 0.29) is 0 Å². The zero-order valence-electron chi connectivity index (χ0n) is 12.4. The van der Waals surface area contributed by atoms with E-state index >= 15 is 0 Å². The van der Waals surface area contributed by atoms with Gasteiger partial charge in [-0.1, -0.05) is 45.8 Å². The molecule has 0 saturated carbocycles. The third-order valence-electron chi connectivity index (χ3n) is 3.60. The van der Waals surface area contributed by atoms with Gasteiger partial charge >= 0.3 is 0 Å². The number of nitrogens with zero attached hydrogens (tertiary/aromatic N) is 2. The highest BCUT2D eigenvalue weighted by Gasteiger charge is 2.12. The van der Waals surface area contributed by atoms with Crippen LogP contribution in [0.5, 0.6) is 0 Å². The maximum absolute atomic E-state index is 4.55. The molecule has 3 aromatic rings. The van der Waals surface area contributed by atoms with Gasteiger partial charge in [0.1, 0.15) is 5.82 Å². The van der Waals surface area contributed by atoms with Crippen molar-refractivity contribution in [3.05, 3.63) is 70.0 Å². The zero-order valence-corrected chi connectivity index (χ0v) is 14.0. The summed E-state index contributed by atoms with van der Waals surface area (Å²) in [6, 6.07) is 12.7. The molecule has 2 nitrogen and oxygen atoms in total. The number of hydrogen-bond acceptors (Lipinski definition) is 1. The minimum Gasteiger partial charge on any atom is -0.299 e. The first kappa shape index (κ1) is 14.1. The molecule has 0 aliphatic carbocycles. The van der Waals surface area contributed by atoms with Crippen molar-refractivity contribution in [2.45, 2.75) is 20.8 Å². The molecule has 1 heterocycles. The van der Waals surface area contributed by atoms with E-state index in [0.29, 0.717) is 0 Å². The third kappa shape index (κ3) is 2.66. The Bertz CT molecular complexity index is 779. The second-order valence-electron chi connectivity index (χ2n) is 5.38. The number of rotatable bonds is 2. The van der Waals surface area contributed by atoms with Crippen molar-refractivity contribution in [2.24, 2.45) is 0 Å². The Kier molecular flexibility index (Phi) is 3.68. The largest absolute Gasteiger partial charge is 0.299 e. The van der Waals surface area contributed by atoms with E-state index < -0.39 is 0 Å². The van der Waals surface area contributed by atoms with Gasteiger partial charge in [0.15, 0.2) is 0 Å². The van der Waals surface area contributed by atoms with Gasteiger partial charge in [0, 0.05) is 22.4 Å². The molecule has 1 aromatic heterocycles. The summed E-state index contributed by atoms with van der Waals surface area (Å²) in [6.07, 6.45) is 3.88. The molecule has 0 aliphatic heterocycles. The molecule has 0 spiro atoms. The number of aromatic nitrogens is 2. The van der Waals surface area contributed by atoms with Crippen LogP contribution >= 0.6 is 15.9 Å². The monoisotopic (exact) mass is 340 g/mol. The van der Waals surface area contributed by atoms with Gasteiger partial charge in [-0.3, -0.25) is 4.57 Å². The average molecular weight is 341 g/mol. The molecule has 0 radical (unpaired) electrons. The number of imidazole rings is 1. The predicted octanol–water partition coefficient (Wildman–Crippen LogP) is 5.23. The maximum atomic E-state index is 4.55. The number of aryl methyl sites for hydroxylation is 3. The summed E-state index contributed by atoms with van der Waals surface area (Å²) < 4.78 is 3.23. The van der Waals surface area contributed by atoms with Crippen LogP contribution in [-0.2, 0) is 0 Å². The summed E-state index contributed by atoms with van der Waals surface area (Å²) in [5.41, 5.74) is 6.14. The van der Waals surface area contributed by atoms with Crippen molar-refractivity contribution in [3.8, 4) is 17.1 Å². The van der Waals surface area contributed by atoms with Gasteiger partial charge in [0.2, 0.25) is 0 Å². The predicted molar refractivity (Wildman–Crippen MR) is 90.9 cm³/mol. The fourth-order valence-corrected chi connectivity index (χ4v) is 3.28. The minimum atomic E-state index is 0.964. The third-order valence-corrected chi connectivity index (χ3v) is 4.09. The molecule has 0 fully saturated rings. The van der Waals surface area contributed by atoms with E-state index in [1.54, 1.807) is 0 Å². The lowest BCUT2D eigenvalue weighted by atomic mass is 10.0. The lowest BCUT2D eigenvalue weighted by molar-refractivity contribution is 1.03. The molecule has 0 atom stereocenters. The summed E-state index contributed by atoms with van der Waals surface area (Å²) >= 11 is 3.53. The van der Waals surface area contributed by atoms with Crippen LogP contribution in [0.4, 0.5) is 0 Å². The van der Waals surface area contributed by atoms with Gasteiger partial charge in [0.25, 0.3) is 0 Å². The van der Waals surface area contributed by atoms with E-state index in [4.69, 9.17) is 0 Å². The Hall–Kier alpha value is -1.87. The Labute approximate surface area is 133 Å². The van der Waals surface area contributed by atoms with Crippen LogP contribution in [0.15, 0.2) is 53.3 Å². The molecule has 0 saturated heterocycles. The Morgan fingerprint density at radius 1 is 1.00 bits per heavy atom. The van der Waals surface area contributed by atoms with Crippen molar-refractivity contribution >= 4 is 15.9 Å². The van der Waals surface area contributed by atoms with Crippen molar-refractivity contribution in [2.75, 3.05) is 0 Å². The first-order valence-electron chi connectivity index (χ1n) is 6.94. The van der Waals surface area contributed by atoms with E-state index in [9.17, 15) is 0 Å². The maximum Gasteiger partial charge on any atom is 0.144 e. The molecule has 2 aromatic carbocycles. The second kappa shape index (κ2) is 5.49. The Morgan fingerprint density at radius 3 is 2.38 bits per heavy atom. The smallest absolute Gasteiger partial charge is 0.144 e. The standard InChI is InChI=1S/C18H17BrN2/c1-12-9-13(2)17(14(3)10-12)21-8-7-20-18(21)15-5-4-6-16(19)11-15/h4-11H,1-3H3. The summed E-state index contributed by atoms with van der Waals surface area (Å²) in [6.45, 7) is 6.44. The quantitative estimate of drug-likeness (QED) is 0.624. The molecule has 0 bridgehead atoms. The molecule has 21 heavy (non-hydrogen) atoms. The lowest BCUT2D eigenvalue weighted by Gasteiger charge is -2.15. The zero-order chi connectivity index (χ0) is 15.0. The first-order valence-corrected chi connectivity index (χ1v) is 7.73. The molecular weight excluding hydrogens is 324 g/mol. The van der Waals surface area contributed by atoms with Crippen molar-refractivity contribution in [1.29, 1.82) is 0 Å². The van der Waals surface area contributed by atoms with Gasteiger partial charge in [-0.05, 0) is 44.0 Å². The molecule has 106 valence electrons. The summed E-state index contributed by atoms with van der Waals surface area (Å²) in [7, 11) is 0. The van der Waals surface area contributed by atoms with E-state index in [0.717, 1.165) is 15.9 Å². The highest BCUT2D eigenvalue weighted by atomic mass is 79.9. The topological polar surface area (TPSA) is 17.8 Å². The van der Waals surface area contributed by atoms with Crippen LogP contribution in [0.25, 0.3) is 17.1 Å². The van der Waals surface area contributed by atoms with Crippen molar-refractivity contribution in [3.63, 3.8) is 0 Å². The lowest BCUT2D eigenvalue weighted by Crippen LogP contribution is -2.02. The average Bonchev–Trinajstić information content (AvgIpc) is 2.86. The Balaban J connectivity index is 2.21. The minimum absolute atomic E-state index is 0.964. The summed E-state index contributed by atoms with van der Waals surface area (Å²) in [5, 5.41) is 0. The second-order valence-corrected chi connectivity index (χ2v) is 6.29. The van der Waals surface area contributed by atoms with E-state index in [2.05, 4.69) is 70.5 Å². The highest BCUT2D eigenvalue weighted by molar-refractivity contribution is 9.10. The summed E-state index contributed by atoms with van der Waals surface area (Å²) in [5.74, 6) is 0.964. The van der Waals surface area contributed by atoms with E-state index in [1.807, 2.05) is 24.5 Å². The molecule has 0 N–H and O–H groups in total. The number of benzene rings is 2. The molecule has 3 heteroatoms. The molecule has 0 unspecified atom stereocenters.